The van der Waals surface area contributed by atoms with Gasteiger partial charge < -0.3 is 15.7 Å². The van der Waals surface area contributed by atoms with E-state index in [-0.39, 0.29) is 29.7 Å². The molecule has 1 unspecified atom stereocenters. The van der Waals surface area contributed by atoms with Crippen molar-refractivity contribution in [2.45, 2.75) is 6.42 Å². The van der Waals surface area contributed by atoms with Crippen LogP contribution in [0.15, 0.2) is 18.2 Å². The number of amides is 2. The molecule has 0 saturated carbocycles. The van der Waals surface area contributed by atoms with Crippen molar-refractivity contribution in [1.29, 1.82) is 0 Å². The van der Waals surface area contributed by atoms with Gasteiger partial charge in [-0.1, -0.05) is 6.07 Å². The van der Waals surface area contributed by atoms with Crippen LogP contribution in [0.2, 0.25) is 0 Å². The lowest BCUT2D eigenvalue weighted by Gasteiger charge is -2.08. The van der Waals surface area contributed by atoms with Crippen LogP contribution in [0.3, 0.4) is 0 Å². The molecule has 7 nitrogen and oxygen atoms in total. The molecule has 1 fully saturated rings. The molecule has 1 aliphatic heterocycles. The second kappa shape index (κ2) is 4.82. The molecule has 0 radical (unpaired) electrons. The maximum atomic E-state index is 11.8. The van der Waals surface area contributed by atoms with Gasteiger partial charge in [-0.25, -0.2) is 9.78 Å². The number of carbonyl (C=O) groups is 3. The largest absolute Gasteiger partial charge is 0.477 e. The highest BCUT2D eigenvalue weighted by molar-refractivity contribution is 5.97. The molecule has 1 aromatic rings. The van der Waals surface area contributed by atoms with Crippen LogP contribution in [0, 0.1) is 5.92 Å². The lowest BCUT2D eigenvalue weighted by atomic mass is 10.1. The molecule has 2 heterocycles. The number of carboxylic acid groups (broad SMARTS) is 1. The van der Waals surface area contributed by atoms with Gasteiger partial charge in [0.2, 0.25) is 11.8 Å². The van der Waals surface area contributed by atoms with Crippen molar-refractivity contribution in [3.63, 3.8) is 0 Å². The fraction of sp³-hybridized carbons (Fsp3) is 0.273. The standard InChI is InChI=1S/C11H11N3O4/c15-9-4-6(5-12-9)10(16)14-8-3-1-2-7(13-8)11(17)18/h1-3,6H,4-5H2,(H,12,15)(H,17,18)(H,13,14,16). The van der Waals surface area contributed by atoms with Crippen molar-refractivity contribution in [3.8, 4) is 0 Å². The van der Waals surface area contributed by atoms with Gasteiger partial charge in [0.15, 0.2) is 5.69 Å². The first-order valence-electron chi connectivity index (χ1n) is 5.34. The fourth-order valence-corrected chi connectivity index (χ4v) is 1.64. The second-order valence-electron chi connectivity index (χ2n) is 3.91. The van der Waals surface area contributed by atoms with Crippen molar-refractivity contribution < 1.29 is 19.5 Å². The topological polar surface area (TPSA) is 108 Å². The number of hydrogen-bond donors (Lipinski definition) is 3. The van der Waals surface area contributed by atoms with Crippen molar-refractivity contribution in [2.75, 3.05) is 11.9 Å². The summed E-state index contributed by atoms with van der Waals surface area (Å²) in [7, 11) is 0. The summed E-state index contributed by atoms with van der Waals surface area (Å²) in [6.45, 7) is 0.295. The van der Waals surface area contributed by atoms with Gasteiger partial charge in [-0.15, -0.1) is 0 Å². The maximum absolute atomic E-state index is 11.8. The Morgan fingerprint density at radius 3 is 2.83 bits per heavy atom. The molecular formula is C11H11N3O4. The zero-order valence-electron chi connectivity index (χ0n) is 9.34. The van der Waals surface area contributed by atoms with Crippen molar-refractivity contribution in [3.05, 3.63) is 23.9 Å². The zero-order chi connectivity index (χ0) is 13.1. The third-order valence-corrected chi connectivity index (χ3v) is 2.57. The lowest BCUT2D eigenvalue weighted by molar-refractivity contribution is -0.123. The van der Waals surface area contributed by atoms with E-state index in [1.54, 1.807) is 0 Å². The Bertz CT molecular complexity index is 515. The number of carbonyl (C=O) groups excluding carboxylic acids is 2. The molecule has 0 aromatic carbocycles. The summed E-state index contributed by atoms with van der Waals surface area (Å²) in [6.07, 6.45) is 0.143. The summed E-state index contributed by atoms with van der Waals surface area (Å²) in [4.78, 5) is 37.2. The van der Waals surface area contributed by atoms with E-state index in [0.717, 1.165) is 0 Å². The van der Waals surface area contributed by atoms with Crippen LogP contribution in [0.1, 0.15) is 16.9 Å². The number of pyridine rings is 1. The van der Waals surface area contributed by atoms with Gasteiger partial charge in [0, 0.05) is 13.0 Å². The van der Waals surface area contributed by atoms with E-state index in [9.17, 15) is 14.4 Å². The van der Waals surface area contributed by atoms with E-state index in [4.69, 9.17) is 5.11 Å². The molecule has 0 spiro atoms. The molecule has 1 saturated heterocycles. The predicted octanol–water partition coefficient (Wildman–Crippen LogP) is -0.146. The Morgan fingerprint density at radius 1 is 1.44 bits per heavy atom. The zero-order valence-corrected chi connectivity index (χ0v) is 9.34. The van der Waals surface area contributed by atoms with Crippen molar-refractivity contribution in [2.24, 2.45) is 5.92 Å². The maximum Gasteiger partial charge on any atom is 0.354 e. The average Bonchev–Trinajstić information content (AvgIpc) is 2.76. The molecule has 1 aromatic heterocycles. The summed E-state index contributed by atoms with van der Waals surface area (Å²) >= 11 is 0. The highest BCUT2D eigenvalue weighted by Crippen LogP contribution is 2.12. The third kappa shape index (κ3) is 2.62. The third-order valence-electron chi connectivity index (χ3n) is 2.57. The van der Waals surface area contributed by atoms with Crippen LogP contribution in [0.5, 0.6) is 0 Å². The Morgan fingerprint density at radius 2 is 2.22 bits per heavy atom. The number of aromatic carboxylic acids is 1. The average molecular weight is 249 g/mol. The van der Waals surface area contributed by atoms with Gasteiger partial charge in [0.25, 0.3) is 0 Å². The smallest absolute Gasteiger partial charge is 0.354 e. The molecule has 3 N–H and O–H groups in total. The van der Waals surface area contributed by atoms with Crippen LogP contribution >= 0.6 is 0 Å². The van der Waals surface area contributed by atoms with Gasteiger partial charge in [0.05, 0.1) is 5.92 Å². The van der Waals surface area contributed by atoms with Gasteiger partial charge in [-0.05, 0) is 12.1 Å². The number of rotatable bonds is 3. The molecule has 7 heteroatoms. The summed E-state index contributed by atoms with van der Waals surface area (Å²) in [5.41, 5.74) is -0.145. The normalized spacial score (nSPS) is 18.2. The molecule has 2 rings (SSSR count). The van der Waals surface area contributed by atoms with Gasteiger partial charge in [-0.3, -0.25) is 9.59 Å². The first-order chi connectivity index (χ1) is 8.56. The van der Waals surface area contributed by atoms with Crippen LogP contribution in [0.4, 0.5) is 5.82 Å². The molecule has 0 bridgehead atoms. The summed E-state index contributed by atoms with van der Waals surface area (Å²) in [5, 5.41) is 13.8. The van der Waals surface area contributed by atoms with Crippen LogP contribution in [-0.2, 0) is 9.59 Å². The van der Waals surface area contributed by atoms with Crippen LogP contribution in [0.25, 0.3) is 0 Å². The van der Waals surface area contributed by atoms with E-state index in [0.29, 0.717) is 6.54 Å². The highest BCUT2D eigenvalue weighted by Gasteiger charge is 2.28. The Kier molecular flexibility index (Phi) is 3.22. The molecule has 1 aliphatic rings. The number of anilines is 1. The minimum absolute atomic E-state index is 0.143. The van der Waals surface area contributed by atoms with Gasteiger partial charge in [0.1, 0.15) is 5.82 Å². The number of nitrogens with one attached hydrogen (secondary N) is 2. The lowest BCUT2D eigenvalue weighted by Crippen LogP contribution is -2.25. The first-order valence-corrected chi connectivity index (χ1v) is 5.34. The molecule has 0 aliphatic carbocycles. The molecule has 94 valence electrons. The Labute approximate surface area is 102 Å². The van der Waals surface area contributed by atoms with E-state index in [2.05, 4.69) is 15.6 Å². The van der Waals surface area contributed by atoms with Crippen LogP contribution in [-0.4, -0.2) is 34.4 Å². The van der Waals surface area contributed by atoms with E-state index >= 15 is 0 Å². The molecular weight excluding hydrogens is 238 g/mol. The SMILES string of the molecule is O=C1CC(C(=O)Nc2cccc(C(=O)O)n2)CN1. The molecule has 1 atom stereocenters. The molecule has 18 heavy (non-hydrogen) atoms. The van der Waals surface area contributed by atoms with Crippen molar-refractivity contribution >= 4 is 23.6 Å². The van der Waals surface area contributed by atoms with E-state index in [1.807, 2.05) is 0 Å². The molecule has 2 amide bonds. The second-order valence-corrected chi connectivity index (χ2v) is 3.91. The number of nitrogens with zero attached hydrogens (tertiary/aromatic N) is 1. The van der Waals surface area contributed by atoms with Gasteiger partial charge in [-0.2, -0.15) is 0 Å². The Balaban J connectivity index is 2.05. The number of aromatic nitrogens is 1. The van der Waals surface area contributed by atoms with E-state index in [1.165, 1.54) is 18.2 Å². The minimum atomic E-state index is -1.16. The summed E-state index contributed by atoms with van der Waals surface area (Å²) in [5.74, 6) is -1.94. The summed E-state index contributed by atoms with van der Waals surface area (Å²) < 4.78 is 0. The minimum Gasteiger partial charge on any atom is -0.477 e. The van der Waals surface area contributed by atoms with Crippen LogP contribution < -0.4 is 10.6 Å². The fourth-order valence-electron chi connectivity index (χ4n) is 1.64. The van der Waals surface area contributed by atoms with E-state index < -0.39 is 11.9 Å². The van der Waals surface area contributed by atoms with Crippen molar-refractivity contribution in [1.82, 2.24) is 10.3 Å². The van der Waals surface area contributed by atoms with Gasteiger partial charge >= 0.3 is 5.97 Å². The monoisotopic (exact) mass is 249 g/mol. The Hall–Kier alpha value is -2.44. The quantitative estimate of drug-likeness (QED) is 0.690. The predicted molar refractivity (Wildman–Crippen MR) is 60.9 cm³/mol. The number of carboxylic acids is 1. The summed E-state index contributed by atoms with van der Waals surface area (Å²) in [6, 6.07) is 4.32. The number of hydrogen-bond acceptors (Lipinski definition) is 4. The highest BCUT2D eigenvalue weighted by atomic mass is 16.4. The first kappa shape index (κ1) is 12.0.